The molecule has 6 rings (SSSR count). The highest BCUT2D eigenvalue weighted by atomic mass is 16.5. The molecule has 37 heavy (non-hydrogen) atoms. The molecule has 3 atom stereocenters. The topological polar surface area (TPSA) is 54.3 Å². The van der Waals surface area contributed by atoms with E-state index in [4.69, 9.17) is 9.47 Å². The molecule has 5 heteroatoms. The largest absolute Gasteiger partial charge is 0.508 e. The Hall–Kier alpha value is -3.57. The Morgan fingerprint density at radius 3 is 2.73 bits per heavy atom. The Morgan fingerprint density at radius 2 is 1.95 bits per heavy atom. The number of hydrogen-bond donors (Lipinski definition) is 1. The first kappa shape index (κ1) is 23.8. The van der Waals surface area contributed by atoms with E-state index in [2.05, 4.69) is 61.0 Å². The van der Waals surface area contributed by atoms with Gasteiger partial charge in [0, 0.05) is 29.9 Å². The smallest absolute Gasteiger partial charge is 0.150 e. The molecule has 1 fully saturated rings. The lowest BCUT2D eigenvalue weighted by Gasteiger charge is -2.31. The fraction of sp³-hybridized carbons (Fsp3) is 0.344. The van der Waals surface area contributed by atoms with Crippen LogP contribution in [0.25, 0.3) is 11.1 Å². The molecule has 0 radical (unpaired) electrons. The van der Waals surface area contributed by atoms with Crippen molar-refractivity contribution in [2.24, 2.45) is 10.9 Å². The SMILES string of the molecule is CC1=C(c2ccc3c(c2)C=NC3)C(c2ccc(OC[C@H](C)N3CC[C@@H](C)C3)cc2)Oc2ccc(O)cc21. The molecule has 1 unspecified atom stereocenters. The summed E-state index contributed by atoms with van der Waals surface area (Å²) in [4.78, 5) is 6.95. The molecular weight excluding hydrogens is 460 g/mol. The van der Waals surface area contributed by atoms with E-state index in [1.165, 1.54) is 12.0 Å². The Kier molecular flexibility index (Phi) is 6.25. The maximum absolute atomic E-state index is 10.2. The number of hydrogen-bond acceptors (Lipinski definition) is 5. The van der Waals surface area contributed by atoms with E-state index < -0.39 is 0 Å². The van der Waals surface area contributed by atoms with Gasteiger partial charge in [0.05, 0.1) is 6.54 Å². The number of fused-ring (bicyclic) bond motifs is 2. The van der Waals surface area contributed by atoms with Gasteiger partial charge in [-0.25, -0.2) is 0 Å². The second-order valence-electron chi connectivity index (χ2n) is 10.7. The van der Waals surface area contributed by atoms with Crippen molar-refractivity contribution >= 4 is 17.4 Å². The van der Waals surface area contributed by atoms with Crippen molar-refractivity contribution < 1.29 is 14.6 Å². The summed E-state index contributed by atoms with van der Waals surface area (Å²) in [5, 5.41) is 10.2. The zero-order valence-corrected chi connectivity index (χ0v) is 21.8. The molecule has 3 aliphatic heterocycles. The maximum atomic E-state index is 10.2. The van der Waals surface area contributed by atoms with E-state index in [0.29, 0.717) is 12.6 Å². The molecular formula is C32H34N2O3. The molecule has 3 aromatic carbocycles. The molecule has 0 spiro atoms. The molecule has 3 heterocycles. The molecule has 1 saturated heterocycles. The molecule has 190 valence electrons. The van der Waals surface area contributed by atoms with Crippen molar-refractivity contribution in [1.29, 1.82) is 0 Å². The lowest BCUT2D eigenvalue weighted by Crippen LogP contribution is -2.35. The summed E-state index contributed by atoms with van der Waals surface area (Å²) in [7, 11) is 0. The van der Waals surface area contributed by atoms with Crippen molar-refractivity contribution in [2.45, 2.75) is 45.9 Å². The average Bonchev–Trinajstić information content (AvgIpc) is 3.56. The highest BCUT2D eigenvalue weighted by Gasteiger charge is 2.30. The van der Waals surface area contributed by atoms with Crippen LogP contribution in [-0.4, -0.2) is 42.0 Å². The average molecular weight is 495 g/mol. The highest BCUT2D eigenvalue weighted by molar-refractivity contribution is 5.97. The number of rotatable bonds is 6. The van der Waals surface area contributed by atoms with E-state index in [-0.39, 0.29) is 11.9 Å². The summed E-state index contributed by atoms with van der Waals surface area (Å²) in [5.74, 6) is 2.66. The van der Waals surface area contributed by atoms with Crippen LogP contribution in [0.3, 0.4) is 0 Å². The fourth-order valence-corrected chi connectivity index (χ4v) is 5.74. The summed E-state index contributed by atoms with van der Waals surface area (Å²) < 4.78 is 12.8. The van der Waals surface area contributed by atoms with E-state index in [9.17, 15) is 5.11 Å². The minimum absolute atomic E-state index is 0.236. The summed E-state index contributed by atoms with van der Waals surface area (Å²) in [5.41, 5.74) is 7.70. The molecule has 3 aromatic rings. The summed E-state index contributed by atoms with van der Waals surface area (Å²) in [6.07, 6.45) is 2.95. The van der Waals surface area contributed by atoms with Crippen LogP contribution in [0.4, 0.5) is 0 Å². The quantitative estimate of drug-likeness (QED) is 0.425. The van der Waals surface area contributed by atoms with Crippen molar-refractivity contribution in [3.63, 3.8) is 0 Å². The lowest BCUT2D eigenvalue weighted by molar-refractivity contribution is 0.169. The van der Waals surface area contributed by atoms with Gasteiger partial charge in [0.2, 0.25) is 0 Å². The monoisotopic (exact) mass is 494 g/mol. The molecule has 0 amide bonds. The second kappa shape index (κ2) is 9.71. The van der Waals surface area contributed by atoms with Gasteiger partial charge >= 0.3 is 0 Å². The standard InChI is InChI=1S/C32H34N2O3/c1-20-12-13-34(18-20)21(2)19-36-28-9-6-23(7-10-28)32-31(24-4-5-25-16-33-17-26(25)14-24)22(3)29-15-27(35)8-11-30(29)37-32/h4-11,14-15,17,20-21,32,35H,12-13,16,18-19H2,1-3H3/t20-,21+,32?/m1/s1. The van der Waals surface area contributed by atoms with E-state index >= 15 is 0 Å². The van der Waals surface area contributed by atoms with E-state index in [1.54, 1.807) is 12.1 Å². The van der Waals surface area contributed by atoms with Gasteiger partial charge in [-0.15, -0.1) is 0 Å². The Bertz CT molecular complexity index is 1380. The van der Waals surface area contributed by atoms with Crippen LogP contribution < -0.4 is 9.47 Å². The van der Waals surface area contributed by atoms with Crippen LogP contribution in [0.15, 0.2) is 65.7 Å². The number of allylic oxidation sites excluding steroid dienone is 1. The molecule has 3 aliphatic rings. The number of aliphatic imine (C=N–C) groups is 1. The van der Waals surface area contributed by atoms with Crippen molar-refractivity contribution in [3.05, 3.63) is 88.5 Å². The number of aromatic hydroxyl groups is 1. The predicted octanol–water partition coefficient (Wildman–Crippen LogP) is 6.50. The molecule has 0 bridgehead atoms. The first-order chi connectivity index (χ1) is 18.0. The number of benzene rings is 3. The number of likely N-dealkylation sites (tertiary alicyclic amines) is 1. The Balaban J connectivity index is 1.29. The van der Waals surface area contributed by atoms with Gasteiger partial charge in [-0.05, 0) is 97.0 Å². The molecule has 0 aliphatic carbocycles. The van der Waals surface area contributed by atoms with Crippen LogP contribution in [0.5, 0.6) is 17.2 Å². The van der Waals surface area contributed by atoms with Gasteiger partial charge in [-0.3, -0.25) is 9.89 Å². The highest BCUT2D eigenvalue weighted by Crippen LogP contribution is 2.47. The van der Waals surface area contributed by atoms with Gasteiger partial charge in [0.15, 0.2) is 0 Å². The van der Waals surface area contributed by atoms with Crippen molar-refractivity contribution in [2.75, 3.05) is 19.7 Å². The molecule has 0 aromatic heterocycles. The minimum Gasteiger partial charge on any atom is -0.508 e. The van der Waals surface area contributed by atoms with E-state index in [0.717, 1.165) is 70.5 Å². The molecule has 5 nitrogen and oxygen atoms in total. The number of phenols is 1. The minimum atomic E-state index is -0.271. The van der Waals surface area contributed by atoms with Crippen molar-refractivity contribution in [3.8, 4) is 17.2 Å². The zero-order chi connectivity index (χ0) is 25.5. The van der Waals surface area contributed by atoms with Crippen LogP contribution in [0.2, 0.25) is 0 Å². The first-order valence-electron chi connectivity index (χ1n) is 13.3. The van der Waals surface area contributed by atoms with Crippen LogP contribution >= 0.6 is 0 Å². The lowest BCUT2D eigenvalue weighted by atomic mass is 9.85. The summed E-state index contributed by atoms with van der Waals surface area (Å²) in [6, 6.07) is 20.6. The van der Waals surface area contributed by atoms with Gasteiger partial charge in [0.1, 0.15) is 30.0 Å². The summed E-state index contributed by atoms with van der Waals surface area (Å²) in [6.45, 7) is 10.4. The fourth-order valence-electron chi connectivity index (χ4n) is 5.74. The van der Waals surface area contributed by atoms with Gasteiger partial charge < -0.3 is 14.6 Å². The summed E-state index contributed by atoms with van der Waals surface area (Å²) >= 11 is 0. The second-order valence-corrected chi connectivity index (χ2v) is 10.7. The van der Waals surface area contributed by atoms with Crippen LogP contribution in [0.1, 0.15) is 61.1 Å². The normalized spacial score (nSPS) is 21.5. The third-order valence-corrected chi connectivity index (χ3v) is 7.98. The zero-order valence-electron chi connectivity index (χ0n) is 21.8. The van der Waals surface area contributed by atoms with E-state index in [1.807, 2.05) is 24.4 Å². The van der Waals surface area contributed by atoms with Crippen LogP contribution in [0, 0.1) is 5.92 Å². The maximum Gasteiger partial charge on any atom is 0.150 e. The van der Waals surface area contributed by atoms with Gasteiger partial charge in [0.25, 0.3) is 0 Å². The van der Waals surface area contributed by atoms with Crippen LogP contribution in [-0.2, 0) is 6.54 Å². The Morgan fingerprint density at radius 1 is 1.11 bits per heavy atom. The predicted molar refractivity (Wildman–Crippen MR) is 148 cm³/mol. The Labute approximate surface area is 219 Å². The third kappa shape index (κ3) is 4.64. The third-order valence-electron chi connectivity index (χ3n) is 7.98. The number of phenolic OH excluding ortho intramolecular Hbond substituents is 1. The first-order valence-corrected chi connectivity index (χ1v) is 13.3. The number of nitrogens with zero attached hydrogens (tertiary/aromatic N) is 2. The molecule has 1 N–H and O–H groups in total. The molecule has 0 saturated carbocycles. The van der Waals surface area contributed by atoms with Crippen molar-refractivity contribution in [1.82, 2.24) is 4.90 Å². The van der Waals surface area contributed by atoms with Gasteiger partial charge in [-0.2, -0.15) is 0 Å². The number of ether oxygens (including phenoxy) is 2. The van der Waals surface area contributed by atoms with Gasteiger partial charge in [-0.1, -0.05) is 31.2 Å².